The van der Waals surface area contributed by atoms with Crippen molar-refractivity contribution in [1.82, 2.24) is 15.5 Å². The van der Waals surface area contributed by atoms with Crippen molar-refractivity contribution in [3.8, 4) is 0 Å². The molecule has 156 valence electrons. The Bertz CT molecular complexity index is 587. The summed E-state index contributed by atoms with van der Waals surface area (Å²) in [4.78, 5) is 14.3. The molecule has 2 N–H and O–H groups in total. The predicted molar refractivity (Wildman–Crippen MR) is 107 cm³/mol. The van der Waals surface area contributed by atoms with Gasteiger partial charge in [0.1, 0.15) is 0 Å². The predicted octanol–water partition coefficient (Wildman–Crippen LogP) is 1.90. The van der Waals surface area contributed by atoms with Crippen molar-refractivity contribution >= 4 is 6.03 Å². The zero-order valence-corrected chi connectivity index (χ0v) is 16.7. The number of amides is 2. The van der Waals surface area contributed by atoms with E-state index in [2.05, 4.69) is 33.7 Å². The molecule has 7 nitrogen and oxygen atoms in total. The van der Waals surface area contributed by atoms with Gasteiger partial charge in [-0.15, -0.1) is 0 Å². The summed E-state index contributed by atoms with van der Waals surface area (Å²) in [5.41, 5.74) is 2.38. The van der Waals surface area contributed by atoms with E-state index in [-0.39, 0.29) is 12.1 Å². The number of morpholine rings is 1. The molecule has 0 radical (unpaired) electrons. The van der Waals surface area contributed by atoms with Crippen LogP contribution < -0.4 is 10.6 Å². The Balaban J connectivity index is 1.26. The van der Waals surface area contributed by atoms with Crippen LogP contribution in [0.5, 0.6) is 0 Å². The van der Waals surface area contributed by atoms with Crippen LogP contribution in [-0.4, -0.2) is 69.7 Å². The van der Waals surface area contributed by atoms with E-state index in [1.807, 2.05) is 6.07 Å². The van der Waals surface area contributed by atoms with Crippen LogP contribution in [0.2, 0.25) is 0 Å². The number of carbonyl (C=O) groups excluding carboxylic acids is 1. The summed E-state index contributed by atoms with van der Waals surface area (Å²) in [6.07, 6.45) is 3.28. The minimum Gasteiger partial charge on any atom is -0.379 e. The molecule has 1 aromatic carbocycles. The van der Waals surface area contributed by atoms with Crippen LogP contribution in [0.3, 0.4) is 0 Å². The van der Waals surface area contributed by atoms with Crippen molar-refractivity contribution in [2.75, 3.05) is 52.7 Å². The maximum absolute atomic E-state index is 12.0. The molecule has 2 saturated heterocycles. The SMILES string of the molecule is O=C(NCCCOCC1CCCO1)NCc1cccc(CN2CCOCC2)c1. The molecule has 2 fully saturated rings. The van der Waals surface area contributed by atoms with E-state index in [0.29, 0.717) is 26.3 Å². The first-order valence-corrected chi connectivity index (χ1v) is 10.4. The van der Waals surface area contributed by atoms with Crippen LogP contribution in [0, 0.1) is 0 Å². The van der Waals surface area contributed by atoms with E-state index in [0.717, 1.165) is 64.3 Å². The standard InChI is InChI=1S/C21H33N3O4/c25-21(22-7-3-10-27-17-20-6-2-11-28-20)23-15-18-4-1-5-19(14-18)16-24-8-12-26-13-9-24/h1,4-5,14,20H,2-3,6-13,15-17H2,(H2,22,23,25). The molecule has 0 aliphatic carbocycles. The number of benzene rings is 1. The second-order valence-electron chi connectivity index (χ2n) is 7.38. The summed E-state index contributed by atoms with van der Waals surface area (Å²) in [6, 6.07) is 8.25. The summed E-state index contributed by atoms with van der Waals surface area (Å²) in [6.45, 7) is 7.77. The summed E-state index contributed by atoms with van der Waals surface area (Å²) >= 11 is 0. The van der Waals surface area contributed by atoms with Crippen LogP contribution in [0.15, 0.2) is 24.3 Å². The zero-order valence-electron chi connectivity index (χ0n) is 16.7. The molecule has 3 rings (SSSR count). The van der Waals surface area contributed by atoms with Gasteiger partial charge < -0.3 is 24.8 Å². The molecule has 2 amide bonds. The molecule has 2 aliphatic heterocycles. The Morgan fingerprint density at radius 3 is 2.86 bits per heavy atom. The molecule has 2 aliphatic rings. The van der Waals surface area contributed by atoms with Crippen molar-refractivity contribution in [3.05, 3.63) is 35.4 Å². The first kappa shape index (κ1) is 21.0. The minimum absolute atomic E-state index is 0.141. The van der Waals surface area contributed by atoms with Gasteiger partial charge in [-0.1, -0.05) is 24.3 Å². The zero-order chi connectivity index (χ0) is 19.4. The summed E-state index contributed by atoms with van der Waals surface area (Å²) in [5.74, 6) is 0. The quantitative estimate of drug-likeness (QED) is 0.596. The molecule has 28 heavy (non-hydrogen) atoms. The Hall–Kier alpha value is -1.67. The van der Waals surface area contributed by atoms with Gasteiger partial charge in [0.05, 0.1) is 25.9 Å². The molecule has 0 saturated carbocycles. The highest BCUT2D eigenvalue weighted by Gasteiger charge is 2.15. The van der Waals surface area contributed by atoms with Gasteiger partial charge in [-0.2, -0.15) is 0 Å². The average molecular weight is 392 g/mol. The second-order valence-corrected chi connectivity index (χ2v) is 7.38. The lowest BCUT2D eigenvalue weighted by molar-refractivity contribution is 0.0168. The number of hydrogen-bond acceptors (Lipinski definition) is 5. The third-order valence-corrected chi connectivity index (χ3v) is 5.03. The van der Waals surface area contributed by atoms with Crippen LogP contribution >= 0.6 is 0 Å². The number of ether oxygens (including phenoxy) is 3. The molecule has 2 heterocycles. The number of nitrogens with one attached hydrogen (secondary N) is 2. The number of carbonyl (C=O) groups is 1. The summed E-state index contributed by atoms with van der Waals surface area (Å²) in [5, 5.41) is 5.80. The Kier molecular flexibility index (Phi) is 9.03. The number of hydrogen-bond donors (Lipinski definition) is 2. The fraction of sp³-hybridized carbons (Fsp3) is 0.667. The highest BCUT2D eigenvalue weighted by Crippen LogP contribution is 2.12. The van der Waals surface area contributed by atoms with Gasteiger partial charge in [0.2, 0.25) is 0 Å². The lowest BCUT2D eigenvalue weighted by Crippen LogP contribution is -2.36. The van der Waals surface area contributed by atoms with Crippen LogP contribution in [0.25, 0.3) is 0 Å². The van der Waals surface area contributed by atoms with Gasteiger partial charge in [0, 0.05) is 45.9 Å². The molecule has 1 unspecified atom stereocenters. The monoisotopic (exact) mass is 391 g/mol. The molecule has 0 bridgehead atoms. The van der Waals surface area contributed by atoms with E-state index >= 15 is 0 Å². The number of nitrogens with zero attached hydrogens (tertiary/aromatic N) is 1. The fourth-order valence-electron chi connectivity index (χ4n) is 3.47. The lowest BCUT2D eigenvalue weighted by atomic mass is 10.1. The van der Waals surface area contributed by atoms with E-state index in [1.165, 1.54) is 5.56 Å². The topological polar surface area (TPSA) is 72.1 Å². The smallest absolute Gasteiger partial charge is 0.315 e. The van der Waals surface area contributed by atoms with Crippen LogP contribution in [0.4, 0.5) is 4.79 Å². The minimum atomic E-state index is -0.141. The van der Waals surface area contributed by atoms with Gasteiger partial charge >= 0.3 is 6.03 Å². The highest BCUT2D eigenvalue weighted by atomic mass is 16.5. The fourth-order valence-corrected chi connectivity index (χ4v) is 3.47. The average Bonchev–Trinajstić information content (AvgIpc) is 3.24. The van der Waals surface area contributed by atoms with Gasteiger partial charge in [0.25, 0.3) is 0 Å². The third-order valence-electron chi connectivity index (χ3n) is 5.03. The van der Waals surface area contributed by atoms with Crippen molar-refractivity contribution in [1.29, 1.82) is 0 Å². The van der Waals surface area contributed by atoms with Crippen molar-refractivity contribution in [2.24, 2.45) is 0 Å². The van der Waals surface area contributed by atoms with E-state index in [4.69, 9.17) is 14.2 Å². The molecule has 0 aromatic heterocycles. The molecule has 1 atom stereocenters. The summed E-state index contributed by atoms with van der Waals surface area (Å²) < 4.78 is 16.5. The largest absolute Gasteiger partial charge is 0.379 e. The van der Waals surface area contributed by atoms with Crippen molar-refractivity contribution < 1.29 is 19.0 Å². The lowest BCUT2D eigenvalue weighted by Gasteiger charge is -2.26. The second kappa shape index (κ2) is 12.0. The van der Waals surface area contributed by atoms with Gasteiger partial charge in [-0.25, -0.2) is 4.79 Å². The highest BCUT2D eigenvalue weighted by molar-refractivity contribution is 5.73. The molecule has 0 spiro atoms. The van der Waals surface area contributed by atoms with Gasteiger partial charge in [0.15, 0.2) is 0 Å². The van der Waals surface area contributed by atoms with Gasteiger partial charge in [-0.05, 0) is 30.4 Å². The molecule has 7 heteroatoms. The van der Waals surface area contributed by atoms with Crippen molar-refractivity contribution in [3.63, 3.8) is 0 Å². The Labute approximate surface area is 167 Å². The normalized spacial score (nSPS) is 20.2. The Morgan fingerprint density at radius 1 is 1.18 bits per heavy atom. The van der Waals surface area contributed by atoms with Crippen LogP contribution in [-0.2, 0) is 27.3 Å². The maximum Gasteiger partial charge on any atom is 0.315 e. The van der Waals surface area contributed by atoms with E-state index < -0.39 is 0 Å². The maximum atomic E-state index is 12.0. The first-order chi connectivity index (χ1) is 13.8. The first-order valence-electron chi connectivity index (χ1n) is 10.4. The Morgan fingerprint density at radius 2 is 2.04 bits per heavy atom. The third kappa shape index (κ3) is 7.75. The number of rotatable bonds is 10. The van der Waals surface area contributed by atoms with E-state index in [1.54, 1.807) is 0 Å². The molecular weight excluding hydrogens is 358 g/mol. The number of urea groups is 1. The van der Waals surface area contributed by atoms with Crippen LogP contribution in [0.1, 0.15) is 30.4 Å². The molecule has 1 aromatic rings. The van der Waals surface area contributed by atoms with Gasteiger partial charge in [-0.3, -0.25) is 4.90 Å². The van der Waals surface area contributed by atoms with E-state index in [9.17, 15) is 4.79 Å². The van der Waals surface area contributed by atoms with Crippen molar-refractivity contribution in [2.45, 2.75) is 38.5 Å². The summed E-state index contributed by atoms with van der Waals surface area (Å²) in [7, 11) is 0. The molecular formula is C21H33N3O4.